The Bertz CT molecular complexity index is 453. The lowest BCUT2D eigenvalue weighted by Crippen LogP contribution is -2.34. The molecule has 2 fully saturated rings. The molecule has 1 saturated carbocycles. The van der Waals surface area contributed by atoms with E-state index >= 15 is 0 Å². The summed E-state index contributed by atoms with van der Waals surface area (Å²) in [4.78, 5) is 17.7. The molecule has 0 radical (unpaired) electrons. The van der Waals surface area contributed by atoms with Gasteiger partial charge in [0.15, 0.2) is 0 Å². The summed E-state index contributed by atoms with van der Waals surface area (Å²) in [6.45, 7) is 6.16. The first kappa shape index (κ1) is 13.4. The fourth-order valence-corrected chi connectivity index (χ4v) is 2.91. The Balaban J connectivity index is 1.79. The van der Waals surface area contributed by atoms with Gasteiger partial charge >= 0.3 is 0 Å². The van der Waals surface area contributed by atoms with Gasteiger partial charge in [-0.1, -0.05) is 6.42 Å². The first-order valence-electron chi connectivity index (χ1n) is 7.77. The molecule has 2 aliphatic rings. The normalized spacial score (nSPS) is 19.1. The lowest BCUT2D eigenvalue weighted by atomic mass is 9.85. The number of aromatic nitrogens is 3. The molecule has 1 aliphatic heterocycles. The van der Waals surface area contributed by atoms with Gasteiger partial charge in [-0.15, -0.1) is 0 Å². The summed E-state index contributed by atoms with van der Waals surface area (Å²) in [5.74, 6) is 2.62. The number of rotatable bonds is 5. The lowest BCUT2D eigenvalue weighted by molar-refractivity contribution is 0.317. The summed E-state index contributed by atoms with van der Waals surface area (Å²) in [7, 11) is 0. The van der Waals surface area contributed by atoms with Crippen LogP contribution in [0.25, 0.3) is 0 Å². The van der Waals surface area contributed by atoms with Gasteiger partial charge in [-0.2, -0.15) is 15.0 Å². The molecule has 6 nitrogen and oxygen atoms in total. The highest BCUT2D eigenvalue weighted by atomic mass is 15.4. The predicted molar refractivity (Wildman–Crippen MR) is 80.9 cm³/mol. The van der Waals surface area contributed by atoms with Crippen LogP contribution < -0.4 is 15.5 Å². The van der Waals surface area contributed by atoms with Crippen LogP contribution in [0.2, 0.25) is 0 Å². The molecule has 1 aliphatic carbocycles. The van der Waals surface area contributed by atoms with Crippen molar-refractivity contribution >= 4 is 17.8 Å². The molecule has 2 heterocycles. The van der Waals surface area contributed by atoms with E-state index in [4.69, 9.17) is 5.73 Å². The highest BCUT2D eigenvalue weighted by Crippen LogP contribution is 2.28. The monoisotopic (exact) mass is 276 g/mol. The van der Waals surface area contributed by atoms with Crippen molar-refractivity contribution in [1.29, 1.82) is 0 Å². The minimum atomic E-state index is 0.337. The van der Waals surface area contributed by atoms with Crippen molar-refractivity contribution in [2.45, 2.75) is 39.0 Å². The number of hydrogen-bond acceptors (Lipinski definition) is 6. The standard InChI is InChI=1S/C14H24N6/c1-2-19(10-11-6-5-7-11)13-16-12(15)17-14(18-13)20-8-3-4-9-20/h11H,2-10H2,1H3,(H2,15,16,17,18). The van der Waals surface area contributed by atoms with Gasteiger partial charge in [-0.05, 0) is 38.5 Å². The van der Waals surface area contributed by atoms with E-state index in [1.165, 1.54) is 32.1 Å². The minimum Gasteiger partial charge on any atom is -0.368 e. The third-order valence-corrected chi connectivity index (χ3v) is 4.39. The Morgan fingerprint density at radius 2 is 1.90 bits per heavy atom. The lowest BCUT2D eigenvalue weighted by Gasteiger charge is -2.32. The van der Waals surface area contributed by atoms with E-state index in [0.29, 0.717) is 5.95 Å². The third-order valence-electron chi connectivity index (χ3n) is 4.39. The van der Waals surface area contributed by atoms with E-state index in [1.54, 1.807) is 0 Å². The Labute approximate surface area is 120 Å². The van der Waals surface area contributed by atoms with Gasteiger partial charge in [-0.25, -0.2) is 0 Å². The molecule has 20 heavy (non-hydrogen) atoms. The molecule has 0 bridgehead atoms. The van der Waals surface area contributed by atoms with E-state index in [9.17, 15) is 0 Å². The summed E-state index contributed by atoms with van der Waals surface area (Å²) in [5, 5.41) is 0. The fraction of sp³-hybridized carbons (Fsp3) is 0.786. The zero-order chi connectivity index (χ0) is 13.9. The van der Waals surface area contributed by atoms with Crippen LogP contribution in [0.15, 0.2) is 0 Å². The van der Waals surface area contributed by atoms with Crippen LogP contribution >= 0.6 is 0 Å². The maximum Gasteiger partial charge on any atom is 0.231 e. The molecule has 3 rings (SSSR count). The number of nitrogens with two attached hydrogens (primary N) is 1. The summed E-state index contributed by atoms with van der Waals surface area (Å²) in [5.41, 5.74) is 5.88. The minimum absolute atomic E-state index is 0.337. The zero-order valence-electron chi connectivity index (χ0n) is 12.3. The Morgan fingerprint density at radius 3 is 2.50 bits per heavy atom. The largest absolute Gasteiger partial charge is 0.368 e. The highest BCUT2D eigenvalue weighted by Gasteiger charge is 2.23. The average molecular weight is 276 g/mol. The Kier molecular flexibility index (Phi) is 3.89. The molecule has 110 valence electrons. The number of nitrogens with zero attached hydrogens (tertiary/aromatic N) is 5. The molecular formula is C14H24N6. The summed E-state index contributed by atoms with van der Waals surface area (Å²) in [6, 6.07) is 0. The smallest absolute Gasteiger partial charge is 0.231 e. The van der Waals surface area contributed by atoms with Gasteiger partial charge in [0, 0.05) is 26.2 Å². The SMILES string of the molecule is CCN(CC1CCC1)c1nc(N)nc(N2CCCC2)n1. The topological polar surface area (TPSA) is 71.2 Å². The molecule has 0 unspecified atom stereocenters. The van der Waals surface area contributed by atoms with Crippen molar-refractivity contribution < 1.29 is 0 Å². The van der Waals surface area contributed by atoms with Crippen LogP contribution in [0, 0.1) is 5.92 Å². The van der Waals surface area contributed by atoms with E-state index in [1.807, 2.05) is 0 Å². The van der Waals surface area contributed by atoms with E-state index < -0.39 is 0 Å². The summed E-state index contributed by atoms with van der Waals surface area (Å²) >= 11 is 0. The predicted octanol–water partition coefficient (Wildman–Crippen LogP) is 1.68. The molecule has 6 heteroatoms. The van der Waals surface area contributed by atoms with Crippen molar-refractivity contribution in [3.8, 4) is 0 Å². The van der Waals surface area contributed by atoms with Gasteiger partial charge in [0.05, 0.1) is 0 Å². The Morgan fingerprint density at radius 1 is 1.15 bits per heavy atom. The van der Waals surface area contributed by atoms with Crippen molar-refractivity contribution in [2.75, 3.05) is 41.7 Å². The molecule has 1 saturated heterocycles. The molecule has 0 aromatic carbocycles. The number of hydrogen-bond donors (Lipinski definition) is 1. The maximum absolute atomic E-state index is 5.88. The second kappa shape index (κ2) is 5.81. The van der Waals surface area contributed by atoms with Crippen LogP contribution in [0.4, 0.5) is 17.8 Å². The second-order valence-corrected chi connectivity index (χ2v) is 5.82. The van der Waals surface area contributed by atoms with Crippen LogP contribution in [0.5, 0.6) is 0 Å². The molecular weight excluding hydrogens is 252 g/mol. The molecule has 1 aromatic heterocycles. The van der Waals surface area contributed by atoms with Crippen LogP contribution in [-0.4, -0.2) is 41.1 Å². The van der Waals surface area contributed by atoms with Crippen LogP contribution in [-0.2, 0) is 0 Å². The van der Waals surface area contributed by atoms with Crippen molar-refractivity contribution in [1.82, 2.24) is 15.0 Å². The van der Waals surface area contributed by atoms with Gasteiger partial charge in [0.2, 0.25) is 17.8 Å². The van der Waals surface area contributed by atoms with Crippen molar-refractivity contribution in [3.05, 3.63) is 0 Å². The summed E-state index contributed by atoms with van der Waals surface area (Å²) in [6.07, 6.45) is 6.44. The second-order valence-electron chi connectivity index (χ2n) is 5.82. The number of anilines is 3. The van der Waals surface area contributed by atoms with E-state index in [2.05, 4.69) is 31.7 Å². The first-order chi connectivity index (χ1) is 9.76. The van der Waals surface area contributed by atoms with E-state index in [0.717, 1.165) is 44.0 Å². The maximum atomic E-state index is 5.88. The third kappa shape index (κ3) is 2.78. The van der Waals surface area contributed by atoms with Crippen molar-refractivity contribution in [2.24, 2.45) is 5.92 Å². The van der Waals surface area contributed by atoms with Crippen molar-refractivity contribution in [3.63, 3.8) is 0 Å². The van der Waals surface area contributed by atoms with E-state index in [-0.39, 0.29) is 0 Å². The molecule has 0 spiro atoms. The molecule has 2 N–H and O–H groups in total. The zero-order valence-corrected chi connectivity index (χ0v) is 12.3. The van der Waals surface area contributed by atoms with Crippen LogP contribution in [0.1, 0.15) is 39.0 Å². The van der Waals surface area contributed by atoms with Gasteiger partial charge in [0.1, 0.15) is 0 Å². The molecule has 0 atom stereocenters. The average Bonchev–Trinajstić information content (AvgIpc) is 2.91. The van der Waals surface area contributed by atoms with Crippen LogP contribution in [0.3, 0.4) is 0 Å². The van der Waals surface area contributed by atoms with Gasteiger partial charge in [0.25, 0.3) is 0 Å². The fourth-order valence-electron chi connectivity index (χ4n) is 2.91. The molecule has 1 aromatic rings. The molecule has 0 amide bonds. The van der Waals surface area contributed by atoms with Gasteiger partial charge < -0.3 is 15.5 Å². The first-order valence-corrected chi connectivity index (χ1v) is 7.77. The van der Waals surface area contributed by atoms with Gasteiger partial charge in [-0.3, -0.25) is 0 Å². The highest BCUT2D eigenvalue weighted by molar-refractivity contribution is 5.44. The summed E-state index contributed by atoms with van der Waals surface area (Å²) < 4.78 is 0. The Hall–Kier alpha value is -1.59. The quantitative estimate of drug-likeness (QED) is 0.882. The number of nitrogen functional groups attached to an aromatic ring is 1.